The predicted octanol–water partition coefficient (Wildman–Crippen LogP) is 5.30. The molecule has 7 nitrogen and oxygen atoms in total. The van der Waals surface area contributed by atoms with Gasteiger partial charge in [-0.1, -0.05) is 62.2 Å². The number of unbranched alkanes of at least 4 members (excludes halogenated alkanes) is 2. The van der Waals surface area contributed by atoms with Gasteiger partial charge in [0.05, 0.1) is 0 Å². The molecule has 0 aliphatic heterocycles. The highest BCUT2D eigenvalue weighted by atomic mass is 16.2. The number of hydrogen-bond acceptors (Lipinski definition) is 5. The van der Waals surface area contributed by atoms with E-state index in [1.165, 1.54) is 6.92 Å². The van der Waals surface area contributed by atoms with Gasteiger partial charge in [-0.2, -0.15) is 0 Å². The Balaban J connectivity index is 1.93. The fraction of sp³-hybridized carbons (Fsp3) is 0.414. The molecule has 0 radical (unpaired) electrons. The molecule has 2 rings (SSSR count). The molecule has 0 bridgehead atoms. The van der Waals surface area contributed by atoms with Gasteiger partial charge in [-0.05, 0) is 38.3 Å². The number of carbonyl (C=O) groups excluding carboxylic acids is 5. The van der Waals surface area contributed by atoms with Crippen LogP contribution in [0.1, 0.15) is 92.4 Å². The second-order valence-electron chi connectivity index (χ2n) is 8.88. The Morgan fingerprint density at radius 3 is 2.19 bits per heavy atom. The summed E-state index contributed by atoms with van der Waals surface area (Å²) in [5.41, 5.74) is 1.58. The molecule has 0 spiro atoms. The van der Waals surface area contributed by atoms with Crippen LogP contribution in [0.2, 0.25) is 0 Å². The molecule has 0 saturated carbocycles. The molecule has 36 heavy (non-hydrogen) atoms. The number of amides is 2. The van der Waals surface area contributed by atoms with Crippen LogP contribution >= 0.6 is 0 Å². The Morgan fingerprint density at radius 1 is 0.778 bits per heavy atom. The number of carbonyl (C=O) groups is 5. The SMILES string of the molecule is CCC(=O)CCCCCC(NC(=O)CCCC(=O)c1ccccc1)C(=O)Nc1cccc(C(C)=O)c1. The fourth-order valence-corrected chi connectivity index (χ4v) is 3.78. The van der Waals surface area contributed by atoms with Crippen LogP contribution in [0.25, 0.3) is 0 Å². The van der Waals surface area contributed by atoms with Crippen LogP contribution in [0.15, 0.2) is 54.6 Å². The summed E-state index contributed by atoms with van der Waals surface area (Å²) < 4.78 is 0. The van der Waals surface area contributed by atoms with Crippen molar-refractivity contribution in [2.24, 2.45) is 0 Å². The van der Waals surface area contributed by atoms with E-state index in [1.54, 1.807) is 48.5 Å². The van der Waals surface area contributed by atoms with E-state index in [9.17, 15) is 24.0 Å². The third kappa shape index (κ3) is 10.3. The highest BCUT2D eigenvalue weighted by Gasteiger charge is 2.21. The molecule has 192 valence electrons. The minimum Gasteiger partial charge on any atom is -0.344 e. The zero-order valence-electron chi connectivity index (χ0n) is 21.2. The zero-order valence-corrected chi connectivity index (χ0v) is 21.2. The maximum absolute atomic E-state index is 13.0. The Kier molecular flexibility index (Phi) is 12.2. The Morgan fingerprint density at radius 2 is 1.50 bits per heavy atom. The Labute approximate surface area is 213 Å². The molecule has 2 amide bonds. The van der Waals surface area contributed by atoms with Crippen molar-refractivity contribution in [3.05, 3.63) is 65.7 Å². The van der Waals surface area contributed by atoms with E-state index in [1.807, 2.05) is 13.0 Å². The molecular formula is C29H36N2O5. The molecular weight excluding hydrogens is 456 g/mol. The second kappa shape index (κ2) is 15.4. The van der Waals surface area contributed by atoms with Crippen molar-refractivity contribution >= 4 is 34.9 Å². The summed E-state index contributed by atoms with van der Waals surface area (Å²) in [7, 11) is 0. The van der Waals surface area contributed by atoms with Gasteiger partial charge in [-0.15, -0.1) is 0 Å². The monoisotopic (exact) mass is 492 g/mol. The summed E-state index contributed by atoms with van der Waals surface area (Å²) in [4.78, 5) is 61.0. The molecule has 7 heteroatoms. The van der Waals surface area contributed by atoms with E-state index in [4.69, 9.17) is 0 Å². The summed E-state index contributed by atoms with van der Waals surface area (Å²) in [5.74, 6) is -0.580. The minimum absolute atomic E-state index is 0.0235. The molecule has 0 aliphatic rings. The van der Waals surface area contributed by atoms with Crippen molar-refractivity contribution < 1.29 is 24.0 Å². The van der Waals surface area contributed by atoms with Gasteiger partial charge in [0.1, 0.15) is 11.8 Å². The third-order valence-electron chi connectivity index (χ3n) is 5.93. The van der Waals surface area contributed by atoms with Gasteiger partial charge in [-0.3, -0.25) is 24.0 Å². The number of ketones is 3. The molecule has 1 unspecified atom stereocenters. The van der Waals surface area contributed by atoms with Crippen LogP contribution in [0.5, 0.6) is 0 Å². The van der Waals surface area contributed by atoms with E-state index in [2.05, 4.69) is 10.6 Å². The lowest BCUT2D eigenvalue weighted by Gasteiger charge is -2.19. The van der Waals surface area contributed by atoms with Crippen molar-refractivity contribution in [2.75, 3.05) is 5.32 Å². The van der Waals surface area contributed by atoms with Gasteiger partial charge in [-0.25, -0.2) is 0 Å². The van der Waals surface area contributed by atoms with Gasteiger partial charge in [0.15, 0.2) is 11.6 Å². The highest BCUT2D eigenvalue weighted by Crippen LogP contribution is 2.14. The summed E-state index contributed by atoms with van der Waals surface area (Å²) in [6, 6.07) is 14.8. The molecule has 1 atom stereocenters. The molecule has 0 aliphatic carbocycles. The van der Waals surface area contributed by atoms with Crippen LogP contribution in [-0.2, 0) is 14.4 Å². The summed E-state index contributed by atoms with van der Waals surface area (Å²) in [6.07, 6.45) is 4.43. The van der Waals surface area contributed by atoms with Gasteiger partial charge in [0, 0.05) is 42.5 Å². The first kappa shape index (κ1) is 28.6. The highest BCUT2D eigenvalue weighted by molar-refractivity contribution is 6.00. The molecule has 2 aromatic rings. The zero-order chi connectivity index (χ0) is 26.3. The molecule has 2 aromatic carbocycles. The molecule has 2 N–H and O–H groups in total. The minimum atomic E-state index is -0.759. The smallest absolute Gasteiger partial charge is 0.246 e. The first-order valence-electron chi connectivity index (χ1n) is 12.6. The second-order valence-corrected chi connectivity index (χ2v) is 8.88. The summed E-state index contributed by atoms with van der Waals surface area (Å²) >= 11 is 0. The summed E-state index contributed by atoms with van der Waals surface area (Å²) in [5, 5.41) is 5.60. The van der Waals surface area contributed by atoms with Crippen molar-refractivity contribution in [1.82, 2.24) is 5.32 Å². The average Bonchev–Trinajstić information content (AvgIpc) is 2.88. The number of rotatable bonds is 16. The van der Waals surface area contributed by atoms with Crippen LogP contribution < -0.4 is 10.6 Å². The van der Waals surface area contributed by atoms with Crippen LogP contribution in [-0.4, -0.2) is 35.2 Å². The first-order valence-corrected chi connectivity index (χ1v) is 12.6. The standard InChI is InChI=1S/C29H36N2O5/c1-3-25(33)16-8-5-9-17-26(29(36)30-24-15-10-14-23(20-24)21(2)32)31-28(35)19-11-18-27(34)22-12-6-4-7-13-22/h4,6-7,10,12-15,20,26H,3,5,8-9,11,16-19H2,1-2H3,(H,30,36)(H,31,35). The number of benzene rings is 2. The van der Waals surface area contributed by atoms with E-state index in [-0.39, 0.29) is 42.0 Å². The first-order chi connectivity index (χ1) is 17.3. The van der Waals surface area contributed by atoms with E-state index >= 15 is 0 Å². The van der Waals surface area contributed by atoms with Crippen LogP contribution in [0, 0.1) is 0 Å². The van der Waals surface area contributed by atoms with E-state index in [0.29, 0.717) is 48.9 Å². The molecule has 0 fully saturated rings. The predicted molar refractivity (Wildman–Crippen MR) is 140 cm³/mol. The number of Topliss-reactive ketones (excluding diaryl/α,β-unsaturated/α-hetero) is 3. The lowest BCUT2D eigenvalue weighted by atomic mass is 10.0. The molecule has 0 heterocycles. The Hall–Kier alpha value is -3.61. The largest absolute Gasteiger partial charge is 0.344 e. The van der Waals surface area contributed by atoms with Gasteiger partial charge in [0.25, 0.3) is 0 Å². The number of hydrogen-bond donors (Lipinski definition) is 2. The number of anilines is 1. The van der Waals surface area contributed by atoms with E-state index in [0.717, 1.165) is 12.8 Å². The Bertz CT molecular complexity index is 1050. The third-order valence-corrected chi connectivity index (χ3v) is 5.93. The average molecular weight is 493 g/mol. The molecule has 0 aromatic heterocycles. The topological polar surface area (TPSA) is 109 Å². The van der Waals surface area contributed by atoms with Gasteiger partial charge >= 0.3 is 0 Å². The van der Waals surface area contributed by atoms with Crippen molar-refractivity contribution in [1.29, 1.82) is 0 Å². The maximum Gasteiger partial charge on any atom is 0.246 e. The van der Waals surface area contributed by atoms with Crippen molar-refractivity contribution in [3.63, 3.8) is 0 Å². The molecule has 0 saturated heterocycles. The quantitative estimate of drug-likeness (QED) is 0.244. The van der Waals surface area contributed by atoms with Crippen LogP contribution in [0.4, 0.5) is 5.69 Å². The van der Waals surface area contributed by atoms with E-state index < -0.39 is 6.04 Å². The van der Waals surface area contributed by atoms with Gasteiger partial charge in [0.2, 0.25) is 11.8 Å². The van der Waals surface area contributed by atoms with Gasteiger partial charge < -0.3 is 10.6 Å². The van der Waals surface area contributed by atoms with Crippen molar-refractivity contribution in [2.45, 2.75) is 77.7 Å². The lowest BCUT2D eigenvalue weighted by molar-refractivity contribution is -0.126. The van der Waals surface area contributed by atoms with Crippen molar-refractivity contribution in [3.8, 4) is 0 Å². The normalized spacial score (nSPS) is 11.4. The lowest BCUT2D eigenvalue weighted by Crippen LogP contribution is -2.43. The fourth-order valence-electron chi connectivity index (χ4n) is 3.78. The maximum atomic E-state index is 13.0. The summed E-state index contributed by atoms with van der Waals surface area (Å²) in [6.45, 7) is 3.29. The number of nitrogens with one attached hydrogen (secondary N) is 2. The van der Waals surface area contributed by atoms with Crippen LogP contribution in [0.3, 0.4) is 0 Å².